The number of pyridine rings is 1. The predicted octanol–water partition coefficient (Wildman–Crippen LogP) is 1.40. The molecule has 1 aromatic heterocycles. The zero-order valence-electron chi connectivity index (χ0n) is 15.8. The number of amides is 1. The number of aryl methyl sites for hydroxylation is 2. The molecule has 1 fully saturated rings. The summed E-state index contributed by atoms with van der Waals surface area (Å²) in [7, 11) is 1.65. The number of aromatic nitrogens is 1. The zero-order valence-corrected chi connectivity index (χ0v) is 16.6. The van der Waals surface area contributed by atoms with Gasteiger partial charge in [-0.1, -0.05) is 30.3 Å². The first-order valence-corrected chi connectivity index (χ1v) is 8.81. The molecule has 2 atom stereocenters. The molecule has 27 heavy (non-hydrogen) atoms. The number of benzene rings is 1. The van der Waals surface area contributed by atoms with Crippen molar-refractivity contribution in [2.75, 3.05) is 13.1 Å². The minimum absolute atomic E-state index is 0. The molecule has 2 heterocycles. The highest BCUT2D eigenvalue weighted by atomic mass is 35.5. The molecule has 7 heteroatoms. The Morgan fingerprint density at radius 2 is 1.96 bits per heavy atom. The van der Waals surface area contributed by atoms with E-state index in [1.807, 2.05) is 43.3 Å². The van der Waals surface area contributed by atoms with Crippen LogP contribution < -0.4 is 16.2 Å². The summed E-state index contributed by atoms with van der Waals surface area (Å²) in [6.45, 7) is 4.63. The maximum atomic E-state index is 13.1. The highest BCUT2D eigenvalue weighted by Gasteiger charge is 2.43. The highest BCUT2D eigenvalue weighted by Crippen LogP contribution is 2.31. The molecule has 0 radical (unpaired) electrons. The van der Waals surface area contributed by atoms with Crippen molar-refractivity contribution in [2.45, 2.75) is 31.9 Å². The number of aliphatic hydroxyl groups is 1. The molecule has 146 valence electrons. The highest BCUT2D eigenvalue weighted by molar-refractivity contribution is 5.96. The van der Waals surface area contributed by atoms with Gasteiger partial charge in [-0.25, -0.2) is 0 Å². The van der Waals surface area contributed by atoms with Gasteiger partial charge in [-0.2, -0.15) is 0 Å². The average Bonchev–Trinajstić information content (AvgIpc) is 2.62. The molecule has 3 N–H and O–H groups in total. The molecule has 0 bridgehead atoms. The number of carbonyl (C=O) groups excluding carboxylic acids is 1. The van der Waals surface area contributed by atoms with E-state index in [1.54, 1.807) is 14.0 Å². The van der Waals surface area contributed by atoms with E-state index in [2.05, 4.69) is 10.6 Å². The number of hydrogen-bond acceptors (Lipinski definition) is 4. The van der Waals surface area contributed by atoms with Crippen LogP contribution in [0.2, 0.25) is 0 Å². The molecule has 6 nitrogen and oxygen atoms in total. The number of hydrogen-bond donors (Lipinski definition) is 3. The van der Waals surface area contributed by atoms with Crippen LogP contribution in [0.5, 0.6) is 0 Å². The summed E-state index contributed by atoms with van der Waals surface area (Å²) in [5.41, 5.74) is 1.14. The molecule has 0 aliphatic carbocycles. The zero-order chi connectivity index (χ0) is 18.9. The largest absolute Gasteiger partial charge is 0.389 e. The molecule has 0 unspecified atom stereocenters. The number of aliphatic hydroxyl groups excluding tert-OH is 1. The quantitative estimate of drug-likeness (QED) is 0.738. The van der Waals surface area contributed by atoms with Gasteiger partial charge in [0.1, 0.15) is 5.56 Å². The Balaban J connectivity index is 0.00000261. The molecular weight excluding hydrogens is 366 g/mol. The van der Waals surface area contributed by atoms with Crippen LogP contribution in [-0.4, -0.2) is 34.8 Å². The van der Waals surface area contributed by atoms with Crippen LogP contribution in [0.25, 0.3) is 0 Å². The van der Waals surface area contributed by atoms with Crippen LogP contribution in [-0.2, 0) is 12.6 Å². The molecule has 1 amide bonds. The smallest absolute Gasteiger partial charge is 0.263 e. The molecule has 1 aliphatic rings. The number of carbonyl (C=O) groups is 1. The first kappa shape index (κ1) is 21.2. The summed E-state index contributed by atoms with van der Waals surface area (Å²) < 4.78 is 1.47. The van der Waals surface area contributed by atoms with Gasteiger partial charge in [-0.15, -0.1) is 12.4 Å². The summed E-state index contributed by atoms with van der Waals surface area (Å²) in [6, 6.07) is 11.3. The van der Waals surface area contributed by atoms with E-state index in [4.69, 9.17) is 0 Å². The summed E-state index contributed by atoms with van der Waals surface area (Å²) in [5, 5.41) is 16.9. The summed E-state index contributed by atoms with van der Waals surface area (Å²) in [5.74, 6) is -0.451. The van der Waals surface area contributed by atoms with Crippen molar-refractivity contribution in [3.63, 3.8) is 0 Å². The number of nitrogens with one attached hydrogen (secondary N) is 2. The second-order valence-corrected chi connectivity index (χ2v) is 6.97. The van der Waals surface area contributed by atoms with E-state index in [-0.39, 0.29) is 23.5 Å². The Morgan fingerprint density at radius 1 is 1.30 bits per heavy atom. The number of halogens is 1. The van der Waals surface area contributed by atoms with Crippen LogP contribution in [0.4, 0.5) is 0 Å². The number of β-amino-alcohol motifs (C(OH)–C–C–N with tert-alkyl or cyclic N) is 1. The minimum Gasteiger partial charge on any atom is -0.389 e. The Hall–Kier alpha value is -2.15. The lowest BCUT2D eigenvalue weighted by atomic mass is 9.79. The second kappa shape index (κ2) is 8.25. The van der Waals surface area contributed by atoms with E-state index in [9.17, 15) is 14.7 Å². The Bertz CT molecular complexity index is 882. The monoisotopic (exact) mass is 391 g/mol. The van der Waals surface area contributed by atoms with E-state index in [0.29, 0.717) is 25.1 Å². The lowest BCUT2D eigenvalue weighted by molar-refractivity contribution is 0.0288. The molecular formula is C20H26ClN3O3. The van der Waals surface area contributed by atoms with Gasteiger partial charge < -0.3 is 20.3 Å². The summed E-state index contributed by atoms with van der Waals surface area (Å²) in [6.07, 6.45) is -0.257. The Kier molecular flexibility index (Phi) is 6.46. The normalized spacial score (nSPS) is 22.0. The van der Waals surface area contributed by atoms with Crippen molar-refractivity contribution in [3.05, 3.63) is 69.1 Å². The van der Waals surface area contributed by atoms with Crippen molar-refractivity contribution >= 4 is 18.3 Å². The maximum Gasteiger partial charge on any atom is 0.263 e. The standard InChI is InChI=1S/C20H25N3O3.ClH/c1-13-11-14(2)23(3)19(26)17(13)18(25)22-20(9-10-21-12-16(20)24)15-7-5-4-6-8-15;/h4-8,11,16,21,24H,9-10,12H2,1-3H3,(H,22,25);1H/t16-,20+;/m1./s1. The third-order valence-electron chi connectivity index (χ3n) is 5.32. The fourth-order valence-electron chi connectivity index (χ4n) is 3.68. The van der Waals surface area contributed by atoms with Gasteiger partial charge in [0.05, 0.1) is 11.6 Å². The topological polar surface area (TPSA) is 83.4 Å². The molecule has 3 rings (SSSR count). The van der Waals surface area contributed by atoms with Crippen LogP contribution in [0.3, 0.4) is 0 Å². The third-order valence-corrected chi connectivity index (χ3v) is 5.32. The maximum absolute atomic E-state index is 13.1. The number of nitrogens with zero attached hydrogens (tertiary/aromatic N) is 1. The molecule has 1 aliphatic heterocycles. The van der Waals surface area contributed by atoms with Gasteiger partial charge >= 0.3 is 0 Å². The molecule has 0 spiro atoms. The average molecular weight is 392 g/mol. The number of rotatable bonds is 3. The van der Waals surface area contributed by atoms with Gasteiger partial charge in [-0.05, 0) is 44.0 Å². The van der Waals surface area contributed by atoms with Crippen LogP contribution in [0, 0.1) is 13.8 Å². The predicted molar refractivity (Wildman–Crippen MR) is 107 cm³/mol. The Labute approximate surface area is 165 Å². The van der Waals surface area contributed by atoms with Crippen LogP contribution >= 0.6 is 12.4 Å². The SMILES string of the molecule is Cc1cc(C)n(C)c(=O)c1C(=O)N[C@]1(c2ccccc2)CCNC[C@H]1O.Cl. The lowest BCUT2D eigenvalue weighted by Crippen LogP contribution is -2.61. The van der Waals surface area contributed by atoms with Crippen LogP contribution in [0.15, 0.2) is 41.2 Å². The fraction of sp³-hybridized carbons (Fsp3) is 0.400. The molecule has 1 saturated heterocycles. The van der Waals surface area contributed by atoms with Crippen molar-refractivity contribution < 1.29 is 9.90 Å². The molecule has 1 aromatic carbocycles. The van der Waals surface area contributed by atoms with E-state index in [0.717, 1.165) is 11.3 Å². The second-order valence-electron chi connectivity index (χ2n) is 6.97. The van der Waals surface area contributed by atoms with Crippen LogP contribution in [0.1, 0.15) is 33.6 Å². The summed E-state index contributed by atoms with van der Waals surface area (Å²) in [4.78, 5) is 25.7. The number of piperidine rings is 1. The molecule has 0 saturated carbocycles. The summed E-state index contributed by atoms with van der Waals surface area (Å²) >= 11 is 0. The van der Waals surface area contributed by atoms with Crippen molar-refractivity contribution in [3.8, 4) is 0 Å². The first-order chi connectivity index (χ1) is 12.4. The van der Waals surface area contributed by atoms with E-state index < -0.39 is 17.6 Å². The van der Waals surface area contributed by atoms with Gasteiger partial charge in [0.25, 0.3) is 11.5 Å². The van der Waals surface area contributed by atoms with E-state index in [1.165, 1.54) is 4.57 Å². The van der Waals surface area contributed by atoms with Gasteiger partial charge in [-0.3, -0.25) is 9.59 Å². The lowest BCUT2D eigenvalue weighted by Gasteiger charge is -2.43. The first-order valence-electron chi connectivity index (χ1n) is 8.81. The van der Waals surface area contributed by atoms with Gasteiger partial charge in [0.15, 0.2) is 0 Å². The third kappa shape index (κ3) is 3.78. The van der Waals surface area contributed by atoms with Crippen molar-refractivity contribution in [1.29, 1.82) is 0 Å². The van der Waals surface area contributed by atoms with Crippen molar-refractivity contribution in [2.24, 2.45) is 7.05 Å². The Morgan fingerprint density at radius 3 is 2.59 bits per heavy atom. The van der Waals surface area contributed by atoms with Crippen molar-refractivity contribution in [1.82, 2.24) is 15.2 Å². The van der Waals surface area contributed by atoms with Gasteiger partial charge in [0, 0.05) is 19.3 Å². The molecule has 2 aromatic rings. The minimum atomic E-state index is -0.925. The van der Waals surface area contributed by atoms with Gasteiger partial charge in [0.2, 0.25) is 0 Å². The van der Waals surface area contributed by atoms with E-state index >= 15 is 0 Å². The fourth-order valence-corrected chi connectivity index (χ4v) is 3.68.